The molecule has 1 fully saturated rings. The molecule has 10 heteroatoms. The van der Waals surface area contributed by atoms with Crippen molar-refractivity contribution in [3.8, 4) is 11.5 Å². The Hall–Kier alpha value is -4.02. The standard InChI is InChI=1S/C27H18Br2N2O6/c1-36-20-9-5-8-19(15-20)31-26(34)21(25(33)30-27(31)35)13-17-12-18(28)14-22(29)24(17)37-23(32)11-10-16-6-3-2-4-7-16/h2-15H,1H3,(H,30,33,35)/b11-10+,21-13-. The number of imide groups is 2. The summed E-state index contributed by atoms with van der Waals surface area (Å²) in [5.74, 6) is -1.89. The van der Waals surface area contributed by atoms with Crippen molar-refractivity contribution in [3.63, 3.8) is 0 Å². The van der Waals surface area contributed by atoms with Crippen LogP contribution < -0.4 is 19.7 Å². The van der Waals surface area contributed by atoms with Crippen LogP contribution in [0.2, 0.25) is 0 Å². The summed E-state index contributed by atoms with van der Waals surface area (Å²) in [7, 11) is 1.45. The molecule has 1 aliphatic rings. The molecule has 1 aliphatic heterocycles. The third kappa shape index (κ3) is 6.04. The summed E-state index contributed by atoms with van der Waals surface area (Å²) in [6.07, 6.45) is 4.13. The van der Waals surface area contributed by atoms with Gasteiger partial charge in [0.2, 0.25) is 0 Å². The minimum Gasteiger partial charge on any atom is -0.497 e. The second-order valence-electron chi connectivity index (χ2n) is 7.63. The molecule has 3 aromatic rings. The predicted octanol–water partition coefficient (Wildman–Crippen LogP) is 5.51. The van der Waals surface area contributed by atoms with Crippen LogP contribution in [0.15, 0.2) is 87.3 Å². The molecule has 0 radical (unpaired) electrons. The molecular formula is C27H18Br2N2O6. The zero-order chi connectivity index (χ0) is 26.5. The normalized spacial score (nSPS) is 14.7. The summed E-state index contributed by atoms with van der Waals surface area (Å²) in [5.41, 5.74) is 0.947. The van der Waals surface area contributed by atoms with Crippen LogP contribution in [0.25, 0.3) is 12.2 Å². The van der Waals surface area contributed by atoms with E-state index >= 15 is 0 Å². The maximum Gasteiger partial charge on any atom is 0.336 e. The van der Waals surface area contributed by atoms with Crippen molar-refractivity contribution in [1.82, 2.24) is 5.32 Å². The number of anilines is 1. The van der Waals surface area contributed by atoms with E-state index in [9.17, 15) is 19.2 Å². The molecule has 0 bridgehead atoms. The topological polar surface area (TPSA) is 102 Å². The lowest BCUT2D eigenvalue weighted by Crippen LogP contribution is -2.54. The van der Waals surface area contributed by atoms with Crippen LogP contribution in [-0.4, -0.2) is 30.9 Å². The van der Waals surface area contributed by atoms with E-state index in [4.69, 9.17) is 9.47 Å². The molecule has 0 unspecified atom stereocenters. The van der Waals surface area contributed by atoms with Gasteiger partial charge in [-0.1, -0.05) is 52.3 Å². The second kappa shape index (κ2) is 11.4. The highest BCUT2D eigenvalue weighted by atomic mass is 79.9. The Labute approximate surface area is 228 Å². The number of benzene rings is 3. The van der Waals surface area contributed by atoms with Gasteiger partial charge in [-0.3, -0.25) is 14.9 Å². The van der Waals surface area contributed by atoms with Crippen molar-refractivity contribution in [1.29, 1.82) is 0 Å². The van der Waals surface area contributed by atoms with Crippen LogP contribution >= 0.6 is 31.9 Å². The number of hydrogen-bond donors (Lipinski definition) is 1. The van der Waals surface area contributed by atoms with Gasteiger partial charge in [0.1, 0.15) is 11.3 Å². The van der Waals surface area contributed by atoms with Crippen molar-refractivity contribution in [2.45, 2.75) is 0 Å². The number of hydrogen-bond acceptors (Lipinski definition) is 6. The fraction of sp³-hybridized carbons (Fsp3) is 0.0370. The van der Waals surface area contributed by atoms with Crippen molar-refractivity contribution in [3.05, 3.63) is 98.5 Å². The molecule has 0 saturated carbocycles. The number of halogens is 2. The minimum absolute atomic E-state index is 0.0869. The first-order valence-electron chi connectivity index (χ1n) is 10.8. The molecule has 1 N–H and O–H groups in total. The van der Waals surface area contributed by atoms with E-state index in [-0.39, 0.29) is 22.6 Å². The molecule has 186 valence electrons. The number of rotatable bonds is 6. The third-order valence-electron chi connectivity index (χ3n) is 5.16. The van der Waals surface area contributed by atoms with Crippen LogP contribution in [0.4, 0.5) is 10.5 Å². The number of methoxy groups -OCH3 is 1. The van der Waals surface area contributed by atoms with Gasteiger partial charge in [0.05, 0.1) is 17.3 Å². The smallest absolute Gasteiger partial charge is 0.336 e. The number of urea groups is 1. The number of carbonyl (C=O) groups is 4. The van der Waals surface area contributed by atoms with E-state index in [2.05, 4.69) is 37.2 Å². The van der Waals surface area contributed by atoms with E-state index in [1.54, 1.807) is 30.3 Å². The number of ether oxygens (including phenoxy) is 2. The zero-order valence-electron chi connectivity index (χ0n) is 19.2. The maximum atomic E-state index is 13.3. The molecule has 4 rings (SSSR count). The quantitative estimate of drug-likeness (QED) is 0.168. The van der Waals surface area contributed by atoms with Crippen molar-refractivity contribution < 1.29 is 28.7 Å². The third-order valence-corrected chi connectivity index (χ3v) is 6.21. The van der Waals surface area contributed by atoms with Gasteiger partial charge in [-0.15, -0.1) is 0 Å². The van der Waals surface area contributed by atoms with Gasteiger partial charge < -0.3 is 9.47 Å². The molecular weight excluding hydrogens is 608 g/mol. The number of esters is 1. The van der Waals surface area contributed by atoms with E-state index in [1.165, 1.54) is 31.4 Å². The SMILES string of the molecule is COc1cccc(N2C(=O)NC(=O)/C(=C/c3cc(Br)cc(Br)c3OC(=O)/C=C/c3ccccc3)C2=O)c1. The fourth-order valence-electron chi connectivity index (χ4n) is 3.46. The molecule has 3 aromatic carbocycles. The number of nitrogens with zero attached hydrogens (tertiary/aromatic N) is 1. The van der Waals surface area contributed by atoms with Crippen LogP contribution in [-0.2, 0) is 14.4 Å². The predicted molar refractivity (Wildman–Crippen MR) is 145 cm³/mol. The monoisotopic (exact) mass is 624 g/mol. The Bertz CT molecular complexity index is 1470. The summed E-state index contributed by atoms with van der Waals surface area (Å²) >= 11 is 6.73. The summed E-state index contributed by atoms with van der Waals surface area (Å²) in [6, 6.07) is 17.8. The van der Waals surface area contributed by atoms with Gasteiger partial charge in [-0.05, 0) is 57.9 Å². The highest BCUT2D eigenvalue weighted by Crippen LogP contribution is 2.35. The van der Waals surface area contributed by atoms with Gasteiger partial charge in [-0.25, -0.2) is 14.5 Å². The van der Waals surface area contributed by atoms with Gasteiger partial charge in [0, 0.05) is 22.2 Å². The first kappa shape index (κ1) is 26.1. The summed E-state index contributed by atoms with van der Waals surface area (Å²) in [6.45, 7) is 0. The lowest BCUT2D eigenvalue weighted by Gasteiger charge is -2.26. The van der Waals surface area contributed by atoms with Crippen molar-refractivity contribution in [2.24, 2.45) is 0 Å². The van der Waals surface area contributed by atoms with E-state index in [0.717, 1.165) is 10.5 Å². The number of nitrogens with one attached hydrogen (secondary N) is 1. The maximum absolute atomic E-state index is 13.3. The lowest BCUT2D eigenvalue weighted by molar-refractivity contribution is -0.129. The molecule has 0 aromatic heterocycles. The average molecular weight is 626 g/mol. The van der Waals surface area contributed by atoms with Gasteiger partial charge >= 0.3 is 12.0 Å². The van der Waals surface area contributed by atoms with E-state index in [0.29, 0.717) is 14.7 Å². The Morgan fingerprint density at radius 1 is 0.973 bits per heavy atom. The Morgan fingerprint density at radius 2 is 1.73 bits per heavy atom. The molecule has 1 saturated heterocycles. The molecule has 0 spiro atoms. The minimum atomic E-state index is -0.895. The molecule has 0 aliphatic carbocycles. The first-order chi connectivity index (χ1) is 17.8. The summed E-state index contributed by atoms with van der Waals surface area (Å²) < 4.78 is 11.7. The fourth-order valence-corrected chi connectivity index (χ4v) is 4.79. The molecule has 4 amide bonds. The summed E-state index contributed by atoms with van der Waals surface area (Å²) in [4.78, 5) is 51.9. The Balaban J connectivity index is 1.69. The lowest BCUT2D eigenvalue weighted by atomic mass is 10.1. The van der Waals surface area contributed by atoms with Crippen LogP contribution in [0.5, 0.6) is 11.5 Å². The van der Waals surface area contributed by atoms with Crippen molar-refractivity contribution in [2.75, 3.05) is 12.0 Å². The largest absolute Gasteiger partial charge is 0.497 e. The highest BCUT2D eigenvalue weighted by Gasteiger charge is 2.37. The van der Waals surface area contributed by atoms with Crippen LogP contribution in [0.1, 0.15) is 11.1 Å². The highest BCUT2D eigenvalue weighted by molar-refractivity contribution is 9.11. The molecule has 0 atom stereocenters. The van der Waals surface area contributed by atoms with Gasteiger partial charge in [0.25, 0.3) is 11.8 Å². The molecule has 8 nitrogen and oxygen atoms in total. The molecule has 37 heavy (non-hydrogen) atoms. The van der Waals surface area contributed by atoms with Crippen molar-refractivity contribution >= 4 is 73.5 Å². The van der Waals surface area contributed by atoms with Gasteiger partial charge in [-0.2, -0.15) is 0 Å². The average Bonchev–Trinajstić information content (AvgIpc) is 2.87. The van der Waals surface area contributed by atoms with Crippen LogP contribution in [0, 0.1) is 0 Å². The Morgan fingerprint density at radius 3 is 2.46 bits per heavy atom. The number of barbiturate groups is 1. The van der Waals surface area contributed by atoms with E-state index < -0.39 is 23.8 Å². The summed E-state index contributed by atoms with van der Waals surface area (Å²) in [5, 5.41) is 2.17. The second-order valence-corrected chi connectivity index (χ2v) is 9.40. The number of amides is 4. The van der Waals surface area contributed by atoms with E-state index in [1.807, 2.05) is 30.3 Å². The molecule has 1 heterocycles. The number of carbonyl (C=O) groups excluding carboxylic acids is 4. The van der Waals surface area contributed by atoms with Crippen LogP contribution in [0.3, 0.4) is 0 Å². The zero-order valence-corrected chi connectivity index (χ0v) is 22.4. The first-order valence-corrected chi connectivity index (χ1v) is 12.3. The Kier molecular flexibility index (Phi) is 8.00. The van der Waals surface area contributed by atoms with Gasteiger partial charge in [0.15, 0.2) is 5.75 Å².